The summed E-state index contributed by atoms with van der Waals surface area (Å²) in [5.74, 6) is -2.81. The Morgan fingerprint density at radius 3 is 2.65 bits per heavy atom. The maximum Gasteiger partial charge on any atom is 0.358 e. The highest BCUT2D eigenvalue weighted by atomic mass is 19.1. The maximum atomic E-state index is 13.1. The van der Waals surface area contributed by atoms with Crippen LogP contribution in [0.1, 0.15) is 10.5 Å². The predicted octanol–water partition coefficient (Wildman–Crippen LogP) is -2.29. The summed E-state index contributed by atoms with van der Waals surface area (Å²) in [6, 6.07) is 0. The molecule has 1 heterocycles. The van der Waals surface area contributed by atoms with E-state index in [2.05, 4.69) is 4.74 Å². The van der Waals surface area contributed by atoms with E-state index in [1.807, 2.05) is 0 Å². The lowest BCUT2D eigenvalue weighted by Gasteiger charge is -2.08. The molecule has 0 aliphatic rings. The molecule has 0 fully saturated rings. The molecule has 9 heteroatoms. The summed E-state index contributed by atoms with van der Waals surface area (Å²) in [5, 5.41) is 17.3. The van der Waals surface area contributed by atoms with Crippen LogP contribution in [0, 0.1) is 5.82 Å². The minimum absolute atomic E-state index is 0.594. The van der Waals surface area contributed by atoms with E-state index in [0.717, 1.165) is 0 Å². The third-order valence-electron chi connectivity index (χ3n) is 1.71. The number of H-pyrrole nitrogens is 2. The van der Waals surface area contributed by atoms with Crippen LogP contribution in [-0.2, 0) is 4.74 Å². The van der Waals surface area contributed by atoms with E-state index in [1.165, 1.54) is 0 Å². The topological polar surface area (TPSA) is 132 Å². The number of rotatable bonds is 4. The van der Waals surface area contributed by atoms with E-state index in [-0.39, 0.29) is 0 Å². The van der Waals surface area contributed by atoms with Gasteiger partial charge in [0.1, 0.15) is 12.7 Å². The summed E-state index contributed by atoms with van der Waals surface area (Å²) in [7, 11) is 0. The smallest absolute Gasteiger partial charge is 0.358 e. The fraction of sp³-hybridized carbons (Fsp3) is 0.375. The van der Waals surface area contributed by atoms with Crippen molar-refractivity contribution in [1.29, 1.82) is 0 Å². The Kier molecular flexibility index (Phi) is 4.12. The second kappa shape index (κ2) is 5.37. The fourth-order valence-corrected chi connectivity index (χ4v) is 0.909. The molecular weight excluding hydrogens is 239 g/mol. The van der Waals surface area contributed by atoms with Gasteiger partial charge in [0.2, 0.25) is 5.82 Å². The lowest BCUT2D eigenvalue weighted by molar-refractivity contribution is 0.00844. The number of halogens is 1. The van der Waals surface area contributed by atoms with Crippen molar-refractivity contribution in [3.05, 3.63) is 32.3 Å². The van der Waals surface area contributed by atoms with Gasteiger partial charge in [-0.05, 0) is 0 Å². The number of aromatic amines is 2. The first-order valence-corrected chi connectivity index (χ1v) is 4.44. The van der Waals surface area contributed by atoms with Crippen LogP contribution in [0.5, 0.6) is 0 Å². The van der Waals surface area contributed by atoms with Gasteiger partial charge in [0.25, 0.3) is 5.56 Å². The van der Waals surface area contributed by atoms with Crippen LogP contribution >= 0.6 is 0 Å². The van der Waals surface area contributed by atoms with Crippen molar-refractivity contribution < 1.29 is 24.1 Å². The molecule has 0 spiro atoms. The molecule has 1 unspecified atom stereocenters. The highest BCUT2D eigenvalue weighted by molar-refractivity contribution is 5.87. The Balaban J connectivity index is 2.90. The number of ether oxygens (including phenoxy) is 1. The molecule has 4 N–H and O–H groups in total. The van der Waals surface area contributed by atoms with Crippen molar-refractivity contribution in [3.8, 4) is 0 Å². The fourth-order valence-electron chi connectivity index (χ4n) is 0.909. The summed E-state index contributed by atoms with van der Waals surface area (Å²) in [4.78, 5) is 36.1. The second-order valence-corrected chi connectivity index (χ2v) is 3.03. The molecule has 1 aromatic heterocycles. The van der Waals surface area contributed by atoms with E-state index in [4.69, 9.17) is 10.2 Å². The quantitative estimate of drug-likeness (QED) is 0.443. The first kappa shape index (κ1) is 13.1. The van der Waals surface area contributed by atoms with Crippen LogP contribution in [0.2, 0.25) is 0 Å². The van der Waals surface area contributed by atoms with Gasteiger partial charge in [0.05, 0.1) is 6.61 Å². The highest BCUT2D eigenvalue weighted by Crippen LogP contribution is 1.98. The van der Waals surface area contributed by atoms with Gasteiger partial charge in [-0.2, -0.15) is 4.39 Å². The lowest BCUT2D eigenvalue weighted by atomic mass is 10.4. The first-order valence-electron chi connectivity index (χ1n) is 4.44. The van der Waals surface area contributed by atoms with Crippen molar-refractivity contribution >= 4 is 5.97 Å². The summed E-state index contributed by atoms with van der Waals surface area (Å²) < 4.78 is 17.5. The number of hydrogen-bond acceptors (Lipinski definition) is 6. The van der Waals surface area contributed by atoms with Crippen molar-refractivity contribution in [3.63, 3.8) is 0 Å². The van der Waals surface area contributed by atoms with Crippen LogP contribution in [0.25, 0.3) is 0 Å². The summed E-state index contributed by atoms with van der Waals surface area (Å²) in [5.41, 5.74) is -3.36. The van der Waals surface area contributed by atoms with Gasteiger partial charge in [-0.15, -0.1) is 0 Å². The molecule has 1 rings (SSSR count). The van der Waals surface area contributed by atoms with Crippen molar-refractivity contribution in [2.75, 3.05) is 13.2 Å². The number of aliphatic hydroxyl groups is 2. The molecular formula is C8H9FN2O6. The van der Waals surface area contributed by atoms with E-state index in [0.29, 0.717) is 0 Å². The zero-order chi connectivity index (χ0) is 13.0. The molecule has 8 nitrogen and oxygen atoms in total. The Hall–Kier alpha value is -2.00. The Labute approximate surface area is 92.7 Å². The minimum Gasteiger partial charge on any atom is -0.458 e. The van der Waals surface area contributed by atoms with Crippen LogP contribution < -0.4 is 11.2 Å². The van der Waals surface area contributed by atoms with Gasteiger partial charge in [-0.25, -0.2) is 9.59 Å². The van der Waals surface area contributed by atoms with Gasteiger partial charge in [0, 0.05) is 0 Å². The third-order valence-corrected chi connectivity index (χ3v) is 1.71. The lowest BCUT2D eigenvalue weighted by Crippen LogP contribution is -2.31. The molecule has 1 aromatic rings. The molecule has 0 aliphatic carbocycles. The number of carbonyl (C=O) groups is 1. The molecule has 0 amide bonds. The van der Waals surface area contributed by atoms with Crippen LogP contribution in [0.4, 0.5) is 4.39 Å². The van der Waals surface area contributed by atoms with Crippen LogP contribution in [0.15, 0.2) is 9.59 Å². The normalized spacial score (nSPS) is 12.2. The van der Waals surface area contributed by atoms with E-state index in [9.17, 15) is 18.8 Å². The molecule has 0 bridgehead atoms. The SMILES string of the molecule is O=C(OCC(O)CO)c1[nH]c(=O)[nH]c(=O)c1F. The molecule has 94 valence electrons. The molecule has 0 aliphatic heterocycles. The number of aliphatic hydroxyl groups excluding tert-OH is 2. The van der Waals surface area contributed by atoms with Crippen molar-refractivity contribution in [2.24, 2.45) is 0 Å². The standard InChI is InChI=1S/C8H9FN2O6/c9-4-5(10-8(16)11-6(4)14)7(15)17-2-3(13)1-12/h3,12-13H,1-2H2,(H2,10,11,14,16). The number of esters is 1. The average molecular weight is 248 g/mol. The van der Waals surface area contributed by atoms with E-state index in [1.54, 1.807) is 9.97 Å². The number of carbonyl (C=O) groups excluding carboxylic acids is 1. The summed E-state index contributed by atoms with van der Waals surface area (Å²) in [6.07, 6.45) is -1.32. The maximum absolute atomic E-state index is 13.1. The van der Waals surface area contributed by atoms with Crippen LogP contribution in [-0.4, -0.2) is 45.5 Å². The Bertz CT molecular complexity index is 521. The largest absolute Gasteiger partial charge is 0.458 e. The monoisotopic (exact) mass is 248 g/mol. The predicted molar refractivity (Wildman–Crippen MR) is 51.0 cm³/mol. The van der Waals surface area contributed by atoms with Gasteiger partial charge in [-0.1, -0.05) is 0 Å². The Morgan fingerprint density at radius 2 is 2.06 bits per heavy atom. The molecule has 17 heavy (non-hydrogen) atoms. The Morgan fingerprint density at radius 1 is 1.41 bits per heavy atom. The van der Waals surface area contributed by atoms with E-state index < -0.39 is 48.0 Å². The van der Waals surface area contributed by atoms with E-state index >= 15 is 0 Å². The van der Waals surface area contributed by atoms with Crippen molar-refractivity contribution in [1.82, 2.24) is 9.97 Å². The number of hydrogen-bond donors (Lipinski definition) is 4. The second-order valence-electron chi connectivity index (χ2n) is 3.03. The molecule has 0 saturated heterocycles. The van der Waals surface area contributed by atoms with Gasteiger partial charge in [0.15, 0.2) is 5.69 Å². The zero-order valence-electron chi connectivity index (χ0n) is 8.40. The highest BCUT2D eigenvalue weighted by Gasteiger charge is 2.18. The molecule has 1 atom stereocenters. The zero-order valence-corrected chi connectivity index (χ0v) is 8.40. The van der Waals surface area contributed by atoms with Gasteiger partial charge < -0.3 is 14.9 Å². The molecule has 0 saturated carbocycles. The number of aromatic nitrogens is 2. The van der Waals surface area contributed by atoms with Gasteiger partial charge in [-0.3, -0.25) is 14.8 Å². The molecule has 0 radical (unpaired) electrons. The third kappa shape index (κ3) is 3.23. The van der Waals surface area contributed by atoms with Gasteiger partial charge >= 0.3 is 11.7 Å². The van der Waals surface area contributed by atoms with Crippen LogP contribution in [0.3, 0.4) is 0 Å². The number of nitrogens with one attached hydrogen (secondary N) is 2. The molecule has 0 aromatic carbocycles. The average Bonchev–Trinajstić information content (AvgIpc) is 2.30. The first-order chi connectivity index (χ1) is 7.95. The minimum atomic E-state index is -1.49. The summed E-state index contributed by atoms with van der Waals surface area (Å²) >= 11 is 0. The van der Waals surface area contributed by atoms with Crippen molar-refractivity contribution in [2.45, 2.75) is 6.10 Å². The summed E-state index contributed by atoms with van der Waals surface area (Å²) in [6.45, 7) is -1.24.